The number of benzene rings is 1. The normalized spacial score (nSPS) is 15.2. The van der Waals surface area contributed by atoms with Crippen molar-refractivity contribution in [2.45, 2.75) is 32.6 Å². The number of aryl methyl sites for hydroxylation is 1. The summed E-state index contributed by atoms with van der Waals surface area (Å²) in [5.74, 6) is 1.12. The van der Waals surface area contributed by atoms with E-state index in [2.05, 4.69) is 6.92 Å². The molecule has 0 saturated carbocycles. The molecule has 20 heavy (non-hydrogen) atoms. The van der Waals surface area contributed by atoms with Gasteiger partial charge in [0.2, 0.25) is 5.91 Å². The third-order valence-corrected chi connectivity index (χ3v) is 3.59. The molecule has 1 heterocycles. The summed E-state index contributed by atoms with van der Waals surface area (Å²) in [5.41, 5.74) is 1.27. The largest absolute Gasteiger partial charge is 0.493 e. The van der Waals surface area contributed by atoms with Crippen LogP contribution in [0.1, 0.15) is 31.7 Å². The van der Waals surface area contributed by atoms with Crippen LogP contribution in [0.5, 0.6) is 5.75 Å². The summed E-state index contributed by atoms with van der Waals surface area (Å²) in [4.78, 5) is 24.8. The molecular weight excluding hydrogens is 254 g/mol. The first-order valence-electron chi connectivity index (χ1n) is 7.20. The Balaban J connectivity index is 1.72. The second kappa shape index (κ2) is 7.08. The van der Waals surface area contributed by atoms with Crippen LogP contribution >= 0.6 is 0 Å². The van der Waals surface area contributed by atoms with Gasteiger partial charge in [0.15, 0.2) is 0 Å². The fourth-order valence-corrected chi connectivity index (χ4v) is 2.24. The lowest BCUT2D eigenvalue weighted by Gasteiger charge is -2.26. The van der Waals surface area contributed by atoms with Crippen LogP contribution in [-0.2, 0) is 16.0 Å². The minimum Gasteiger partial charge on any atom is -0.493 e. The van der Waals surface area contributed by atoms with E-state index in [9.17, 15) is 9.59 Å². The van der Waals surface area contributed by atoms with E-state index >= 15 is 0 Å². The van der Waals surface area contributed by atoms with Gasteiger partial charge in [-0.2, -0.15) is 0 Å². The SMILES string of the molecule is CCc1ccc(OCCC(=O)N2CCC(=O)CC2)cc1. The maximum Gasteiger partial charge on any atom is 0.226 e. The first-order valence-corrected chi connectivity index (χ1v) is 7.20. The van der Waals surface area contributed by atoms with Gasteiger partial charge in [-0.15, -0.1) is 0 Å². The first-order chi connectivity index (χ1) is 9.69. The van der Waals surface area contributed by atoms with Gasteiger partial charge in [0, 0.05) is 25.9 Å². The summed E-state index contributed by atoms with van der Waals surface area (Å²) < 4.78 is 5.57. The van der Waals surface area contributed by atoms with Gasteiger partial charge in [-0.05, 0) is 24.1 Å². The van der Waals surface area contributed by atoms with Crippen molar-refractivity contribution < 1.29 is 14.3 Å². The van der Waals surface area contributed by atoms with Crippen molar-refractivity contribution in [1.82, 2.24) is 4.90 Å². The van der Waals surface area contributed by atoms with E-state index in [-0.39, 0.29) is 11.7 Å². The number of likely N-dealkylation sites (tertiary alicyclic amines) is 1. The molecule has 1 fully saturated rings. The molecule has 0 atom stereocenters. The average molecular weight is 275 g/mol. The smallest absolute Gasteiger partial charge is 0.226 e. The molecule has 0 N–H and O–H groups in total. The Morgan fingerprint density at radius 2 is 1.85 bits per heavy atom. The number of hydrogen-bond acceptors (Lipinski definition) is 3. The van der Waals surface area contributed by atoms with Crippen molar-refractivity contribution >= 4 is 11.7 Å². The molecule has 4 nitrogen and oxygen atoms in total. The third-order valence-electron chi connectivity index (χ3n) is 3.59. The number of amides is 1. The Kier molecular flexibility index (Phi) is 5.16. The maximum absolute atomic E-state index is 11.9. The van der Waals surface area contributed by atoms with Crippen LogP contribution in [0.15, 0.2) is 24.3 Å². The Hall–Kier alpha value is -1.84. The van der Waals surface area contributed by atoms with Crippen LogP contribution in [0.4, 0.5) is 0 Å². The van der Waals surface area contributed by atoms with Crippen LogP contribution in [-0.4, -0.2) is 36.3 Å². The molecule has 0 spiro atoms. The topological polar surface area (TPSA) is 46.6 Å². The summed E-state index contributed by atoms with van der Waals surface area (Å²) in [7, 11) is 0. The summed E-state index contributed by atoms with van der Waals surface area (Å²) in [5, 5.41) is 0. The van der Waals surface area contributed by atoms with Gasteiger partial charge in [0.1, 0.15) is 11.5 Å². The number of carbonyl (C=O) groups excluding carboxylic acids is 2. The van der Waals surface area contributed by atoms with Gasteiger partial charge in [0.05, 0.1) is 13.0 Å². The van der Waals surface area contributed by atoms with Gasteiger partial charge < -0.3 is 9.64 Å². The highest BCUT2D eigenvalue weighted by molar-refractivity contribution is 5.83. The van der Waals surface area contributed by atoms with Crippen molar-refractivity contribution in [3.8, 4) is 5.75 Å². The van der Waals surface area contributed by atoms with Gasteiger partial charge in [0.25, 0.3) is 0 Å². The summed E-state index contributed by atoms with van der Waals surface area (Å²) in [6.07, 6.45) is 2.35. The minimum absolute atomic E-state index is 0.0719. The molecule has 0 bridgehead atoms. The molecule has 1 aromatic carbocycles. The van der Waals surface area contributed by atoms with E-state index in [0.717, 1.165) is 12.2 Å². The Morgan fingerprint density at radius 3 is 2.45 bits per heavy atom. The first kappa shape index (κ1) is 14.6. The lowest BCUT2D eigenvalue weighted by atomic mass is 10.1. The number of ether oxygens (including phenoxy) is 1. The fraction of sp³-hybridized carbons (Fsp3) is 0.500. The minimum atomic E-state index is 0.0719. The second-order valence-corrected chi connectivity index (χ2v) is 5.02. The van der Waals surface area contributed by atoms with E-state index in [0.29, 0.717) is 39.0 Å². The number of nitrogens with zero attached hydrogens (tertiary/aromatic N) is 1. The predicted molar refractivity (Wildman–Crippen MR) is 76.8 cm³/mol. The number of hydrogen-bond donors (Lipinski definition) is 0. The highest BCUT2D eigenvalue weighted by atomic mass is 16.5. The average Bonchev–Trinajstić information content (AvgIpc) is 2.48. The van der Waals surface area contributed by atoms with Crippen LogP contribution in [0, 0.1) is 0 Å². The quantitative estimate of drug-likeness (QED) is 0.827. The van der Waals surface area contributed by atoms with Crippen LogP contribution < -0.4 is 4.74 Å². The van der Waals surface area contributed by atoms with E-state index in [1.807, 2.05) is 24.3 Å². The molecular formula is C16H21NO3. The molecule has 0 aliphatic carbocycles. The lowest BCUT2D eigenvalue weighted by molar-refractivity contribution is -0.134. The van der Waals surface area contributed by atoms with Gasteiger partial charge >= 0.3 is 0 Å². The van der Waals surface area contributed by atoms with Crippen molar-refractivity contribution in [2.75, 3.05) is 19.7 Å². The van der Waals surface area contributed by atoms with Gasteiger partial charge in [-0.25, -0.2) is 0 Å². The molecule has 1 amide bonds. The number of ketones is 1. The lowest BCUT2D eigenvalue weighted by Crippen LogP contribution is -2.39. The standard InChI is InChI=1S/C16H21NO3/c1-2-13-3-5-15(6-4-13)20-12-9-16(19)17-10-7-14(18)8-11-17/h3-6H,2,7-12H2,1H3. The summed E-state index contributed by atoms with van der Waals surface area (Å²) in [6.45, 7) is 3.61. The maximum atomic E-state index is 11.9. The monoisotopic (exact) mass is 275 g/mol. The fourth-order valence-electron chi connectivity index (χ4n) is 2.24. The molecule has 0 aromatic heterocycles. The van der Waals surface area contributed by atoms with Crippen molar-refractivity contribution in [2.24, 2.45) is 0 Å². The second-order valence-electron chi connectivity index (χ2n) is 5.02. The zero-order valence-corrected chi connectivity index (χ0v) is 11.9. The van der Waals surface area contributed by atoms with Crippen molar-refractivity contribution in [1.29, 1.82) is 0 Å². The molecule has 0 unspecified atom stereocenters. The summed E-state index contributed by atoms with van der Waals surface area (Å²) in [6, 6.07) is 7.94. The number of rotatable bonds is 5. The van der Waals surface area contributed by atoms with E-state index in [1.54, 1.807) is 4.90 Å². The van der Waals surface area contributed by atoms with E-state index in [4.69, 9.17) is 4.74 Å². The van der Waals surface area contributed by atoms with E-state index in [1.165, 1.54) is 5.56 Å². The predicted octanol–water partition coefficient (Wildman–Crippen LogP) is 2.21. The highest BCUT2D eigenvalue weighted by Crippen LogP contribution is 2.13. The van der Waals surface area contributed by atoms with Crippen LogP contribution in [0.3, 0.4) is 0 Å². The molecule has 1 saturated heterocycles. The van der Waals surface area contributed by atoms with Gasteiger partial charge in [-0.1, -0.05) is 19.1 Å². The molecule has 1 aliphatic rings. The zero-order chi connectivity index (χ0) is 14.4. The Bertz CT molecular complexity index is 457. The zero-order valence-electron chi connectivity index (χ0n) is 11.9. The summed E-state index contributed by atoms with van der Waals surface area (Å²) >= 11 is 0. The highest BCUT2D eigenvalue weighted by Gasteiger charge is 2.20. The number of carbonyl (C=O) groups is 2. The van der Waals surface area contributed by atoms with Crippen molar-refractivity contribution in [3.05, 3.63) is 29.8 Å². The molecule has 4 heteroatoms. The number of Topliss-reactive ketones (excluding diaryl/α,β-unsaturated/α-hetero) is 1. The van der Waals surface area contributed by atoms with Crippen LogP contribution in [0.25, 0.3) is 0 Å². The molecule has 1 aromatic rings. The van der Waals surface area contributed by atoms with Crippen LogP contribution in [0.2, 0.25) is 0 Å². The van der Waals surface area contributed by atoms with Crippen molar-refractivity contribution in [3.63, 3.8) is 0 Å². The number of piperidine rings is 1. The third kappa shape index (κ3) is 4.08. The molecule has 0 radical (unpaired) electrons. The van der Waals surface area contributed by atoms with E-state index < -0.39 is 0 Å². The molecule has 108 valence electrons. The molecule has 1 aliphatic heterocycles. The molecule has 2 rings (SSSR count). The Morgan fingerprint density at radius 1 is 1.20 bits per heavy atom. The Labute approximate surface area is 119 Å². The van der Waals surface area contributed by atoms with Gasteiger partial charge in [-0.3, -0.25) is 9.59 Å².